The smallest absolute Gasteiger partial charge is 0.164 e. The van der Waals surface area contributed by atoms with Gasteiger partial charge in [0.05, 0.1) is 5.52 Å². The Balaban J connectivity index is 0.681. The lowest BCUT2D eigenvalue weighted by atomic mass is 9.98. The Hall–Kier alpha value is -12.4. The fourth-order valence-corrected chi connectivity index (χ4v) is 11.5. The largest absolute Gasteiger partial charge is 0.255 e. The lowest BCUT2D eigenvalue weighted by Crippen LogP contribution is -2.00. The quantitative estimate of drug-likeness (QED) is 0.117. The van der Waals surface area contributed by atoms with Crippen LogP contribution in [0.1, 0.15) is 0 Å². The van der Waals surface area contributed by atoms with Crippen LogP contribution in [0.2, 0.25) is 0 Å². The van der Waals surface area contributed by atoms with E-state index in [4.69, 9.17) is 49.8 Å². The van der Waals surface area contributed by atoms with Crippen LogP contribution in [0.5, 0.6) is 0 Å². The minimum Gasteiger partial charge on any atom is -0.255 e. The van der Waals surface area contributed by atoms with Gasteiger partial charge in [-0.2, -0.15) is 0 Å². The molecule has 12 aromatic carbocycles. The standard InChI is InChI=1S/C80H50N10/c1-4-18-56(19-5-1)72-82-73(57-20-6-2-7-21-57)84-75(83-72)59-38-30-53(31-39-59)54-32-40-60(41-33-54)76-85-74(58-22-8-3-9-23-58)86-78(87-76)66-28-14-26-64(48-66)70-29-15-27-65-49-69(50-81-71(65)70)55-34-42-61(43-35-55)77-88-79(67-44-36-51-16-10-12-24-62(51)46-67)90-80(89-77)68-45-37-52-17-11-13-25-63(52)47-68/h1-50H. The number of benzene rings is 12. The van der Waals surface area contributed by atoms with Crippen LogP contribution in [-0.2, 0) is 0 Å². The molecule has 0 atom stereocenters. The van der Waals surface area contributed by atoms with Crippen molar-refractivity contribution in [2.75, 3.05) is 0 Å². The number of pyridine rings is 1. The van der Waals surface area contributed by atoms with Crippen molar-refractivity contribution in [3.8, 4) is 136 Å². The van der Waals surface area contributed by atoms with E-state index in [2.05, 4.69) is 206 Å². The van der Waals surface area contributed by atoms with Gasteiger partial charge in [-0.1, -0.05) is 273 Å². The predicted molar refractivity (Wildman–Crippen MR) is 362 cm³/mol. The highest BCUT2D eigenvalue weighted by molar-refractivity contribution is 5.96. The number of rotatable bonds is 12. The number of nitrogens with zero attached hydrogens (tertiary/aromatic N) is 10. The fourth-order valence-electron chi connectivity index (χ4n) is 11.5. The molecule has 420 valence electrons. The van der Waals surface area contributed by atoms with Gasteiger partial charge in [0.1, 0.15) is 0 Å². The monoisotopic (exact) mass is 1150 g/mol. The first-order chi connectivity index (χ1) is 44.5. The summed E-state index contributed by atoms with van der Waals surface area (Å²) in [5.74, 6) is 5.40. The number of fused-ring (bicyclic) bond motifs is 3. The number of para-hydroxylation sites is 1. The van der Waals surface area contributed by atoms with Crippen LogP contribution in [0.4, 0.5) is 0 Å². The summed E-state index contributed by atoms with van der Waals surface area (Å²) in [5.41, 5.74) is 15.1. The van der Waals surface area contributed by atoms with Gasteiger partial charge in [-0.25, -0.2) is 44.9 Å². The maximum absolute atomic E-state index is 5.16. The molecule has 0 saturated carbocycles. The van der Waals surface area contributed by atoms with Gasteiger partial charge >= 0.3 is 0 Å². The van der Waals surface area contributed by atoms with Gasteiger partial charge in [0.25, 0.3) is 0 Å². The lowest BCUT2D eigenvalue weighted by molar-refractivity contribution is 1.07. The van der Waals surface area contributed by atoms with Crippen LogP contribution in [-0.4, -0.2) is 49.8 Å². The van der Waals surface area contributed by atoms with Crippen molar-refractivity contribution in [2.24, 2.45) is 0 Å². The van der Waals surface area contributed by atoms with Crippen molar-refractivity contribution in [3.63, 3.8) is 0 Å². The van der Waals surface area contributed by atoms with Gasteiger partial charge in [0, 0.05) is 72.8 Å². The summed E-state index contributed by atoms with van der Waals surface area (Å²) in [6.45, 7) is 0. The second-order valence-corrected chi connectivity index (χ2v) is 22.1. The first-order valence-electron chi connectivity index (χ1n) is 29.8. The molecule has 0 aliphatic carbocycles. The van der Waals surface area contributed by atoms with E-state index in [1.165, 1.54) is 0 Å². The number of hydrogen-bond donors (Lipinski definition) is 0. The molecule has 10 nitrogen and oxygen atoms in total. The number of hydrogen-bond acceptors (Lipinski definition) is 10. The molecule has 0 radical (unpaired) electrons. The first-order valence-corrected chi connectivity index (χ1v) is 29.8. The predicted octanol–water partition coefficient (Wildman–Crippen LogP) is 19.1. The second-order valence-electron chi connectivity index (χ2n) is 22.1. The summed E-state index contributed by atoms with van der Waals surface area (Å²) in [6, 6.07) is 101. The molecule has 0 N–H and O–H groups in total. The maximum Gasteiger partial charge on any atom is 0.164 e. The minimum absolute atomic E-state index is 0.565. The van der Waals surface area contributed by atoms with E-state index in [1.807, 2.05) is 97.2 Å². The van der Waals surface area contributed by atoms with Crippen molar-refractivity contribution < 1.29 is 0 Å². The van der Waals surface area contributed by atoms with Crippen LogP contribution in [0, 0.1) is 0 Å². The minimum atomic E-state index is 0.565. The average molecular weight is 1150 g/mol. The molecule has 90 heavy (non-hydrogen) atoms. The zero-order chi connectivity index (χ0) is 59.7. The van der Waals surface area contributed by atoms with Crippen molar-refractivity contribution in [1.29, 1.82) is 0 Å². The fraction of sp³-hybridized carbons (Fsp3) is 0. The molecule has 10 heteroatoms. The van der Waals surface area contributed by atoms with E-state index < -0.39 is 0 Å². The highest BCUT2D eigenvalue weighted by Crippen LogP contribution is 2.36. The molecular formula is C80H50N10. The van der Waals surface area contributed by atoms with Gasteiger partial charge < -0.3 is 0 Å². The zero-order valence-corrected chi connectivity index (χ0v) is 48.3. The summed E-state index contributed by atoms with van der Waals surface area (Å²) >= 11 is 0. The maximum atomic E-state index is 5.16. The molecule has 4 aromatic heterocycles. The van der Waals surface area contributed by atoms with Crippen molar-refractivity contribution in [2.45, 2.75) is 0 Å². The normalized spacial score (nSPS) is 11.3. The van der Waals surface area contributed by atoms with Crippen LogP contribution in [0.25, 0.3) is 168 Å². The third-order valence-corrected chi connectivity index (χ3v) is 16.3. The molecule has 0 spiro atoms. The molecule has 4 heterocycles. The Morgan fingerprint density at radius 2 is 0.422 bits per heavy atom. The van der Waals surface area contributed by atoms with Crippen LogP contribution >= 0.6 is 0 Å². The van der Waals surface area contributed by atoms with Crippen LogP contribution in [0.3, 0.4) is 0 Å². The van der Waals surface area contributed by atoms with Gasteiger partial charge in [0.2, 0.25) is 0 Å². The number of aromatic nitrogens is 10. The van der Waals surface area contributed by atoms with Gasteiger partial charge in [-0.05, 0) is 68.1 Å². The van der Waals surface area contributed by atoms with Crippen LogP contribution < -0.4 is 0 Å². The molecule has 0 unspecified atom stereocenters. The zero-order valence-electron chi connectivity index (χ0n) is 48.3. The van der Waals surface area contributed by atoms with E-state index in [1.54, 1.807) is 0 Å². The Morgan fingerprint density at radius 3 is 0.833 bits per heavy atom. The van der Waals surface area contributed by atoms with Crippen molar-refractivity contribution >= 4 is 32.4 Å². The first kappa shape index (κ1) is 53.1. The second kappa shape index (κ2) is 23.1. The Morgan fingerprint density at radius 1 is 0.156 bits per heavy atom. The van der Waals surface area contributed by atoms with Crippen molar-refractivity contribution in [1.82, 2.24) is 49.8 Å². The average Bonchev–Trinajstić information content (AvgIpc) is 1.12. The molecule has 16 rings (SSSR count). The molecule has 16 aromatic rings. The van der Waals surface area contributed by atoms with E-state index in [9.17, 15) is 0 Å². The van der Waals surface area contributed by atoms with E-state index in [0.29, 0.717) is 52.4 Å². The van der Waals surface area contributed by atoms with Gasteiger partial charge in [-0.3, -0.25) is 4.98 Å². The Bertz CT molecular complexity index is 5180. The summed E-state index contributed by atoms with van der Waals surface area (Å²) in [6.07, 6.45) is 1.95. The molecule has 0 saturated heterocycles. The molecule has 0 amide bonds. The van der Waals surface area contributed by atoms with Crippen molar-refractivity contribution in [3.05, 3.63) is 303 Å². The molecule has 0 aliphatic rings. The molecule has 0 aliphatic heterocycles. The SMILES string of the molecule is c1ccc(-c2nc(-c3ccccc3)nc(-c3ccc(-c4ccc(-c5nc(-c6ccccc6)nc(-c6cccc(-c7cccc8cc(-c9ccc(-c%10nc(-c%11ccc%12ccccc%12c%11)nc(-c%11ccc%12ccccc%12c%11)n%10)cc9)cnc78)c6)n5)cc4)cc3)n2)cc1. The Kier molecular flexibility index (Phi) is 13.6. The van der Waals surface area contributed by atoms with Crippen LogP contribution in [0.15, 0.2) is 303 Å². The van der Waals surface area contributed by atoms with Gasteiger partial charge in [0.15, 0.2) is 52.4 Å². The van der Waals surface area contributed by atoms with E-state index >= 15 is 0 Å². The van der Waals surface area contributed by atoms with E-state index in [-0.39, 0.29) is 0 Å². The third-order valence-electron chi connectivity index (χ3n) is 16.3. The third kappa shape index (κ3) is 10.7. The van der Waals surface area contributed by atoms with Gasteiger partial charge in [-0.15, -0.1) is 0 Å². The summed E-state index contributed by atoms with van der Waals surface area (Å²) < 4.78 is 0. The van der Waals surface area contributed by atoms with E-state index in [0.717, 1.165) is 116 Å². The summed E-state index contributed by atoms with van der Waals surface area (Å²) in [7, 11) is 0. The molecule has 0 fully saturated rings. The summed E-state index contributed by atoms with van der Waals surface area (Å²) in [5, 5.41) is 5.59. The summed E-state index contributed by atoms with van der Waals surface area (Å²) in [4.78, 5) is 50.5. The topological polar surface area (TPSA) is 129 Å². The molecule has 0 bridgehead atoms. The highest BCUT2D eigenvalue weighted by Gasteiger charge is 2.18. The Labute approximate surface area is 518 Å². The molecular weight excluding hydrogens is 1100 g/mol. The highest BCUT2D eigenvalue weighted by atomic mass is 15.1. The lowest BCUT2D eigenvalue weighted by Gasteiger charge is -2.12.